The number of nitrogens with zero attached hydrogens (tertiary/aromatic N) is 2. The molecular weight excluding hydrogens is 458 g/mol. The lowest BCUT2D eigenvalue weighted by molar-refractivity contribution is -0.152. The minimum Gasteiger partial charge on any atom is -0.469 e. The number of esters is 1. The second-order valence-corrected chi connectivity index (χ2v) is 9.32. The van der Waals surface area contributed by atoms with Crippen LogP contribution in [0.15, 0.2) is 59.5 Å². The zero-order valence-corrected chi connectivity index (χ0v) is 20.9. The van der Waals surface area contributed by atoms with Crippen LogP contribution in [0.1, 0.15) is 43.6 Å². The molecule has 0 saturated heterocycles. The van der Waals surface area contributed by atoms with Gasteiger partial charge < -0.3 is 15.4 Å². The fourth-order valence-corrected chi connectivity index (χ4v) is 4.62. The predicted octanol–water partition coefficient (Wildman–Crippen LogP) is 3.87. The third-order valence-corrected chi connectivity index (χ3v) is 6.52. The smallest absolute Gasteiger partial charge is 0.313 e. The van der Waals surface area contributed by atoms with E-state index in [0.29, 0.717) is 30.7 Å². The normalized spacial score (nSPS) is 12.6. The quantitative estimate of drug-likeness (QED) is 0.241. The van der Waals surface area contributed by atoms with Crippen molar-refractivity contribution in [1.29, 1.82) is 0 Å². The van der Waals surface area contributed by atoms with Crippen LogP contribution in [0.5, 0.6) is 0 Å². The number of methoxy groups -OCH3 is 1. The Morgan fingerprint density at radius 2 is 1.72 bits per heavy atom. The number of carbonyl (C=O) groups excluding carboxylic acids is 2. The van der Waals surface area contributed by atoms with Gasteiger partial charge in [-0.15, -0.1) is 0 Å². The van der Waals surface area contributed by atoms with Crippen LogP contribution in [0.3, 0.4) is 0 Å². The molecular formula is C27H31N5O4. The van der Waals surface area contributed by atoms with Gasteiger partial charge in [-0.05, 0) is 44.5 Å². The highest BCUT2D eigenvalue weighted by Crippen LogP contribution is 2.38. The zero-order chi connectivity index (χ0) is 25.9. The molecule has 36 heavy (non-hydrogen) atoms. The molecule has 1 unspecified atom stereocenters. The number of hydrogen-bond donors (Lipinski definition) is 3. The van der Waals surface area contributed by atoms with E-state index in [4.69, 9.17) is 4.74 Å². The maximum Gasteiger partial charge on any atom is 0.313 e. The molecule has 2 aromatic heterocycles. The van der Waals surface area contributed by atoms with Crippen molar-refractivity contribution in [2.24, 2.45) is 5.41 Å². The molecule has 4 aromatic rings. The molecule has 0 aliphatic carbocycles. The van der Waals surface area contributed by atoms with Gasteiger partial charge in [-0.2, -0.15) is 5.10 Å². The van der Waals surface area contributed by atoms with Crippen molar-refractivity contribution in [3.05, 3.63) is 70.6 Å². The fraction of sp³-hybridized carbons (Fsp3) is 0.333. The number of anilines is 1. The minimum absolute atomic E-state index is 0.100. The van der Waals surface area contributed by atoms with Crippen molar-refractivity contribution < 1.29 is 14.3 Å². The fourth-order valence-electron chi connectivity index (χ4n) is 4.62. The van der Waals surface area contributed by atoms with E-state index >= 15 is 0 Å². The molecule has 9 heteroatoms. The van der Waals surface area contributed by atoms with Gasteiger partial charge in [0.15, 0.2) is 5.82 Å². The molecule has 0 saturated carbocycles. The first-order valence-corrected chi connectivity index (χ1v) is 11.9. The summed E-state index contributed by atoms with van der Waals surface area (Å²) in [6.45, 7) is 6.37. The lowest BCUT2D eigenvalue weighted by Crippen LogP contribution is -2.41. The van der Waals surface area contributed by atoms with Crippen molar-refractivity contribution in [1.82, 2.24) is 20.1 Å². The van der Waals surface area contributed by atoms with Gasteiger partial charge in [-0.25, -0.2) is 5.10 Å². The number of benzene rings is 2. The van der Waals surface area contributed by atoms with Gasteiger partial charge in [0, 0.05) is 36.5 Å². The average Bonchev–Trinajstić information content (AvgIpc) is 3.26. The maximum atomic E-state index is 12.8. The number of fused-ring (bicyclic) bond motifs is 2. The van der Waals surface area contributed by atoms with E-state index in [1.807, 2.05) is 62.5 Å². The highest BCUT2D eigenvalue weighted by molar-refractivity contribution is 5.94. The Bertz CT molecular complexity index is 1470. The van der Waals surface area contributed by atoms with Crippen LogP contribution >= 0.6 is 0 Å². The Labute approximate surface area is 208 Å². The SMILES string of the molecule is COC(=O)C(C)(C)C(NCCCNc1n[nH]c(=O)c2ccccc12)c1cn(C(C)=O)c2ccccc12. The lowest BCUT2D eigenvalue weighted by atomic mass is 9.80. The monoisotopic (exact) mass is 489 g/mol. The molecule has 4 rings (SSSR count). The summed E-state index contributed by atoms with van der Waals surface area (Å²) in [5, 5.41) is 15.7. The maximum absolute atomic E-state index is 12.8. The summed E-state index contributed by atoms with van der Waals surface area (Å²) in [5.74, 6) is 0.166. The highest BCUT2D eigenvalue weighted by atomic mass is 16.5. The number of H-pyrrole nitrogens is 1. The molecule has 0 aliphatic rings. The topological polar surface area (TPSA) is 118 Å². The van der Waals surface area contributed by atoms with Crippen LogP contribution in [0, 0.1) is 5.41 Å². The first-order valence-electron chi connectivity index (χ1n) is 11.9. The molecule has 188 valence electrons. The first kappa shape index (κ1) is 25.1. The largest absolute Gasteiger partial charge is 0.469 e. The summed E-state index contributed by atoms with van der Waals surface area (Å²) < 4.78 is 6.73. The van der Waals surface area contributed by atoms with Crippen LogP contribution in [0.4, 0.5) is 5.82 Å². The van der Waals surface area contributed by atoms with E-state index in [1.165, 1.54) is 14.0 Å². The summed E-state index contributed by atoms with van der Waals surface area (Å²) >= 11 is 0. The van der Waals surface area contributed by atoms with E-state index in [9.17, 15) is 14.4 Å². The third kappa shape index (κ3) is 4.74. The Kier molecular flexibility index (Phi) is 7.21. The average molecular weight is 490 g/mol. The molecule has 0 aliphatic heterocycles. The Balaban J connectivity index is 1.54. The van der Waals surface area contributed by atoms with Crippen LogP contribution in [0.2, 0.25) is 0 Å². The van der Waals surface area contributed by atoms with E-state index in [0.717, 1.165) is 21.9 Å². The standard InChI is InChI=1S/C27H31N5O4/c1-17(33)32-16-21(18-10-7-8-13-22(18)32)23(27(2,3)26(35)36-4)28-14-9-15-29-24-19-11-5-6-12-20(19)25(34)31-30-24/h5-8,10-13,16,23,28H,9,14-15H2,1-4H3,(H,29,30)(H,31,34). The summed E-state index contributed by atoms with van der Waals surface area (Å²) in [7, 11) is 1.38. The summed E-state index contributed by atoms with van der Waals surface area (Å²) in [6, 6.07) is 14.6. The number of rotatable bonds is 9. The summed E-state index contributed by atoms with van der Waals surface area (Å²) in [6.07, 6.45) is 2.53. The van der Waals surface area contributed by atoms with E-state index in [-0.39, 0.29) is 17.4 Å². The Morgan fingerprint density at radius 1 is 1.06 bits per heavy atom. The highest BCUT2D eigenvalue weighted by Gasteiger charge is 2.40. The van der Waals surface area contributed by atoms with Crippen LogP contribution in [0.25, 0.3) is 21.7 Å². The van der Waals surface area contributed by atoms with Crippen molar-refractivity contribution in [2.75, 3.05) is 25.5 Å². The Hall–Kier alpha value is -3.98. The van der Waals surface area contributed by atoms with Gasteiger partial charge >= 0.3 is 5.97 Å². The Morgan fingerprint density at radius 3 is 2.42 bits per heavy atom. The molecule has 0 fully saturated rings. The molecule has 0 bridgehead atoms. The van der Waals surface area contributed by atoms with Crippen molar-refractivity contribution >= 4 is 39.4 Å². The number of aromatic amines is 1. The van der Waals surface area contributed by atoms with E-state index < -0.39 is 11.5 Å². The minimum atomic E-state index is -0.898. The van der Waals surface area contributed by atoms with Gasteiger partial charge in [0.05, 0.1) is 23.4 Å². The van der Waals surface area contributed by atoms with Gasteiger partial charge in [0.2, 0.25) is 5.91 Å². The van der Waals surface area contributed by atoms with Gasteiger partial charge in [-0.3, -0.25) is 19.0 Å². The molecule has 2 heterocycles. The van der Waals surface area contributed by atoms with Crippen LogP contribution in [-0.2, 0) is 9.53 Å². The molecule has 0 spiro atoms. The molecule has 2 aromatic carbocycles. The summed E-state index contributed by atoms with van der Waals surface area (Å²) in [4.78, 5) is 37.1. The second kappa shape index (κ2) is 10.3. The molecule has 1 atom stereocenters. The molecule has 3 N–H and O–H groups in total. The molecule has 0 amide bonds. The van der Waals surface area contributed by atoms with Crippen LogP contribution < -0.4 is 16.2 Å². The van der Waals surface area contributed by atoms with Crippen molar-refractivity contribution in [3.8, 4) is 0 Å². The zero-order valence-electron chi connectivity index (χ0n) is 20.9. The predicted molar refractivity (Wildman–Crippen MR) is 140 cm³/mol. The van der Waals surface area contributed by atoms with Gasteiger partial charge in [0.25, 0.3) is 5.56 Å². The van der Waals surface area contributed by atoms with Gasteiger partial charge in [0.1, 0.15) is 0 Å². The van der Waals surface area contributed by atoms with Crippen molar-refractivity contribution in [3.63, 3.8) is 0 Å². The third-order valence-electron chi connectivity index (χ3n) is 6.52. The van der Waals surface area contributed by atoms with E-state index in [1.54, 1.807) is 10.6 Å². The van der Waals surface area contributed by atoms with Crippen molar-refractivity contribution in [2.45, 2.75) is 33.2 Å². The van der Waals surface area contributed by atoms with Crippen LogP contribution in [-0.4, -0.2) is 46.8 Å². The molecule has 9 nitrogen and oxygen atoms in total. The lowest BCUT2D eigenvalue weighted by Gasteiger charge is -2.32. The number of carbonyl (C=O) groups is 2. The number of nitrogens with one attached hydrogen (secondary N) is 3. The van der Waals surface area contributed by atoms with Gasteiger partial charge in [-0.1, -0.05) is 36.4 Å². The summed E-state index contributed by atoms with van der Waals surface area (Å²) in [5.41, 5.74) is 0.531. The molecule has 0 radical (unpaired) electrons. The number of hydrogen-bond acceptors (Lipinski definition) is 7. The number of para-hydroxylation sites is 1. The number of aromatic nitrogens is 3. The van der Waals surface area contributed by atoms with E-state index in [2.05, 4.69) is 20.8 Å². The first-order chi connectivity index (χ1) is 17.3. The second-order valence-electron chi connectivity index (χ2n) is 9.32. The number of ether oxygens (including phenoxy) is 1.